The number of aromatic nitrogens is 3. The molecule has 0 saturated heterocycles. The van der Waals surface area contributed by atoms with Gasteiger partial charge in [0.25, 0.3) is 5.82 Å². The molecule has 2 aromatic heterocycles. The van der Waals surface area contributed by atoms with Gasteiger partial charge in [-0.15, -0.1) is 0 Å². The van der Waals surface area contributed by atoms with Crippen molar-refractivity contribution in [3.05, 3.63) is 81.0 Å². The molecule has 1 aliphatic rings. The van der Waals surface area contributed by atoms with Crippen molar-refractivity contribution < 1.29 is 33.2 Å². The predicted octanol–water partition coefficient (Wildman–Crippen LogP) is 7.51. The molecule has 14 heteroatoms. The fourth-order valence-electron chi connectivity index (χ4n) is 6.67. The van der Waals surface area contributed by atoms with Crippen molar-refractivity contribution in [2.24, 2.45) is 11.8 Å². The van der Waals surface area contributed by atoms with Gasteiger partial charge in [-0.3, -0.25) is 9.59 Å². The van der Waals surface area contributed by atoms with Crippen molar-refractivity contribution >= 4 is 57.9 Å². The van der Waals surface area contributed by atoms with E-state index in [0.717, 1.165) is 22.2 Å². The first-order valence-electron chi connectivity index (χ1n) is 17.7. The molecule has 0 saturated carbocycles. The van der Waals surface area contributed by atoms with Crippen molar-refractivity contribution in [1.29, 1.82) is 0 Å². The zero-order valence-electron chi connectivity index (χ0n) is 30.0. The van der Waals surface area contributed by atoms with E-state index in [4.69, 9.17) is 37.2 Å². The zero-order valence-corrected chi connectivity index (χ0v) is 31.5. The minimum Gasteiger partial charge on any atom is -0.460 e. The van der Waals surface area contributed by atoms with Gasteiger partial charge in [-0.05, 0) is 60.0 Å². The van der Waals surface area contributed by atoms with Gasteiger partial charge in [0, 0.05) is 34.9 Å². The lowest BCUT2D eigenvalue weighted by Crippen LogP contribution is -2.62. The maximum Gasteiger partial charge on any atom is 0.408 e. The molecular weight excluding hydrogens is 709 g/mol. The van der Waals surface area contributed by atoms with Crippen LogP contribution in [0.1, 0.15) is 99.6 Å². The number of esters is 1. The molecule has 12 nitrogen and oxygen atoms in total. The second-order valence-corrected chi connectivity index (χ2v) is 14.3. The Hall–Kier alpha value is -4.42. The Bertz CT molecular complexity index is 1910. The smallest absolute Gasteiger partial charge is 0.408 e. The van der Waals surface area contributed by atoms with E-state index in [0.29, 0.717) is 34.8 Å². The Morgan fingerprint density at radius 3 is 2.44 bits per heavy atom. The maximum absolute atomic E-state index is 14.9. The number of rotatable bonds is 15. The third-order valence-corrected chi connectivity index (χ3v) is 10.6. The monoisotopic (exact) mass is 753 g/mol. The number of nitrogens with zero attached hydrogens (tertiary/aromatic N) is 2. The number of ether oxygens (including phenoxy) is 2. The number of nitrogens with one attached hydrogen (secondary N) is 3. The van der Waals surface area contributed by atoms with Gasteiger partial charge in [-0.2, -0.15) is 4.98 Å². The summed E-state index contributed by atoms with van der Waals surface area (Å²) in [6.45, 7) is 9.56. The predicted molar refractivity (Wildman–Crippen MR) is 196 cm³/mol. The van der Waals surface area contributed by atoms with Gasteiger partial charge >= 0.3 is 12.1 Å². The van der Waals surface area contributed by atoms with E-state index in [-0.39, 0.29) is 61.8 Å². The molecule has 2 heterocycles. The van der Waals surface area contributed by atoms with Crippen LogP contribution in [0.2, 0.25) is 10.0 Å². The van der Waals surface area contributed by atoms with E-state index < -0.39 is 35.5 Å². The maximum atomic E-state index is 14.9. The quantitative estimate of drug-likeness (QED) is 0.104. The van der Waals surface area contributed by atoms with E-state index in [2.05, 4.69) is 25.8 Å². The summed E-state index contributed by atoms with van der Waals surface area (Å²) in [5.74, 6) is -2.55. The molecule has 52 heavy (non-hydrogen) atoms. The highest BCUT2D eigenvalue weighted by Gasteiger charge is 2.46. The number of carbonyl (C=O) groups is 4. The summed E-state index contributed by atoms with van der Waals surface area (Å²) in [6, 6.07) is 11.7. The third kappa shape index (κ3) is 8.61. The number of alkyl carbamates (subject to hydrolysis) is 1. The molecule has 0 aliphatic heterocycles. The van der Waals surface area contributed by atoms with Gasteiger partial charge in [0.2, 0.25) is 11.8 Å². The van der Waals surface area contributed by atoms with Crippen LogP contribution in [0, 0.1) is 11.8 Å². The van der Waals surface area contributed by atoms with Crippen molar-refractivity contribution in [3.8, 4) is 0 Å². The number of carbonyl (C=O) groups excluding carboxylic acids is 4. The fourth-order valence-corrected chi connectivity index (χ4v) is 7.21. The van der Waals surface area contributed by atoms with E-state index in [9.17, 15) is 19.2 Å². The molecule has 2 unspecified atom stereocenters. The highest BCUT2D eigenvalue weighted by atomic mass is 35.5. The number of fused-ring (bicyclic) bond motifs is 3. The summed E-state index contributed by atoms with van der Waals surface area (Å²) in [5.41, 5.74) is 1.81. The number of amides is 2. The van der Waals surface area contributed by atoms with Crippen LogP contribution >= 0.6 is 23.2 Å². The van der Waals surface area contributed by atoms with E-state index in [1.165, 1.54) is 0 Å². The molecule has 2 amide bonds. The van der Waals surface area contributed by atoms with Crippen molar-refractivity contribution in [2.75, 3.05) is 6.61 Å². The number of halogens is 2. The summed E-state index contributed by atoms with van der Waals surface area (Å²) in [4.78, 5) is 62.3. The number of H-pyrrole nitrogens is 1. The Labute approximate surface area is 312 Å². The molecule has 4 aromatic rings. The highest BCUT2D eigenvalue weighted by molar-refractivity contribution is 6.38. The summed E-state index contributed by atoms with van der Waals surface area (Å²) in [7, 11) is 0. The van der Waals surface area contributed by atoms with E-state index in [1.807, 2.05) is 58.0 Å². The van der Waals surface area contributed by atoms with Crippen LogP contribution in [-0.4, -0.2) is 57.1 Å². The number of benzene rings is 2. The fraction of sp³-hybridized carbons (Fsp3) is 0.474. The zero-order chi connectivity index (χ0) is 37.6. The minimum atomic E-state index is -1.40. The van der Waals surface area contributed by atoms with Crippen LogP contribution < -0.4 is 10.6 Å². The highest BCUT2D eigenvalue weighted by Crippen LogP contribution is 2.40. The first kappa shape index (κ1) is 38.8. The minimum absolute atomic E-state index is 0.0307. The number of hydrogen-bond acceptors (Lipinski definition) is 9. The molecule has 0 radical (unpaired) electrons. The number of aryl methyl sites for hydroxylation is 1. The summed E-state index contributed by atoms with van der Waals surface area (Å²) < 4.78 is 16.0. The molecular formula is C38H45Cl2N5O7. The molecule has 0 spiro atoms. The molecule has 5 rings (SSSR count). The molecule has 0 bridgehead atoms. The normalized spacial score (nSPS) is 17.8. The largest absolute Gasteiger partial charge is 0.460 e. The Morgan fingerprint density at radius 1 is 1.02 bits per heavy atom. The van der Waals surface area contributed by atoms with Crippen LogP contribution in [-0.2, 0) is 38.5 Å². The van der Waals surface area contributed by atoms with E-state index in [1.54, 1.807) is 19.1 Å². The standard InChI is InChI=1S/C38H45Cl2N5O7/c1-6-21(4)25(35-43-33(45-52-35)36(48)50-8-3)18-30(46)38(15-14-29-27(19-38)26-16-24(39)17-28(40)32(26)41-29)44-34(47)31(22(5)7-2)42-37(49)51-20-23-12-10-9-11-13-23/h9-13,16-17,21-22,25,31,41H,6-8,14-15,18-20H2,1-5H3,(H,42,49)(H,44,47)/t21?,22?,25-,31-,38+/m0/s1. The number of hydrogen-bond donors (Lipinski definition) is 3. The van der Waals surface area contributed by atoms with Crippen LogP contribution in [0.4, 0.5) is 4.79 Å². The topological polar surface area (TPSA) is 166 Å². The average Bonchev–Trinajstić information content (AvgIpc) is 3.77. The molecule has 5 atom stereocenters. The number of Topliss-reactive ketones (excluding diaryl/α,β-unsaturated/α-hetero) is 1. The Balaban J connectivity index is 1.48. The first-order chi connectivity index (χ1) is 24.9. The second-order valence-electron chi connectivity index (χ2n) is 13.5. The summed E-state index contributed by atoms with van der Waals surface area (Å²) in [6.07, 6.45) is 1.24. The Morgan fingerprint density at radius 2 is 1.75 bits per heavy atom. The Kier molecular flexibility index (Phi) is 12.6. The van der Waals surface area contributed by atoms with Crippen LogP contribution in [0.25, 0.3) is 10.9 Å². The van der Waals surface area contributed by atoms with Crippen LogP contribution in [0.3, 0.4) is 0 Å². The van der Waals surface area contributed by atoms with Crippen LogP contribution in [0.5, 0.6) is 0 Å². The second kappa shape index (κ2) is 16.9. The van der Waals surface area contributed by atoms with Crippen LogP contribution in [0.15, 0.2) is 47.0 Å². The van der Waals surface area contributed by atoms with E-state index >= 15 is 0 Å². The summed E-state index contributed by atoms with van der Waals surface area (Å²) in [5, 5.41) is 11.3. The van der Waals surface area contributed by atoms with Gasteiger partial charge in [-0.25, -0.2) is 9.59 Å². The van der Waals surface area contributed by atoms with Gasteiger partial charge < -0.3 is 29.6 Å². The summed E-state index contributed by atoms with van der Waals surface area (Å²) >= 11 is 13.0. The lowest BCUT2D eigenvalue weighted by Gasteiger charge is -2.39. The van der Waals surface area contributed by atoms with Gasteiger partial charge in [0.1, 0.15) is 18.2 Å². The molecule has 3 N–H and O–H groups in total. The molecule has 2 aromatic carbocycles. The number of ketones is 1. The number of aromatic amines is 1. The van der Waals surface area contributed by atoms with Crippen molar-refractivity contribution in [2.45, 2.75) is 97.2 Å². The third-order valence-electron chi connectivity index (χ3n) is 10.1. The van der Waals surface area contributed by atoms with Crippen molar-refractivity contribution in [3.63, 3.8) is 0 Å². The SMILES string of the molecule is CCOC(=O)c1noc([C@@H](CC(=O)[C@@]2(NC(=O)[C@@H](NC(=O)OCc3ccccc3)C(C)CC)CCc3[nH]c4c(Cl)cc(Cl)cc4c3C2)C(C)CC)n1. The average molecular weight is 755 g/mol. The van der Waals surface area contributed by atoms with Crippen molar-refractivity contribution in [1.82, 2.24) is 25.8 Å². The lowest BCUT2D eigenvalue weighted by molar-refractivity contribution is -0.134. The van der Waals surface area contributed by atoms with Gasteiger partial charge in [-0.1, -0.05) is 94.1 Å². The molecule has 1 aliphatic carbocycles. The molecule has 0 fully saturated rings. The van der Waals surface area contributed by atoms with Gasteiger partial charge in [0.05, 0.1) is 17.1 Å². The first-order valence-corrected chi connectivity index (χ1v) is 18.5. The van der Waals surface area contributed by atoms with Gasteiger partial charge in [0.15, 0.2) is 5.78 Å². The molecule has 278 valence electrons. The lowest BCUT2D eigenvalue weighted by atomic mass is 9.73.